The van der Waals surface area contributed by atoms with Gasteiger partial charge in [0.05, 0.1) is 4.90 Å². The van der Waals surface area contributed by atoms with Gasteiger partial charge in [-0.25, -0.2) is 13.1 Å². The second kappa shape index (κ2) is 7.98. The molecule has 0 atom stereocenters. The molecule has 2 aromatic rings. The SMILES string of the molecule is Cc1ccc(/C=C/CC(C)(C)CNS(=O)(=O)c2ccc(C)cc2)cc1. The molecule has 0 radical (unpaired) electrons. The Kier molecular flexibility index (Phi) is 6.20. The molecule has 0 saturated carbocycles. The molecule has 0 heterocycles. The fourth-order valence-corrected chi connectivity index (χ4v) is 3.60. The molecule has 0 amide bonds. The first-order valence-corrected chi connectivity index (χ1v) is 9.96. The van der Waals surface area contributed by atoms with Crippen LogP contribution in [0.15, 0.2) is 59.5 Å². The lowest BCUT2D eigenvalue weighted by molar-refractivity contribution is 0.369. The van der Waals surface area contributed by atoms with E-state index in [0.717, 1.165) is 17.5 Å². The highest BCUT2D eigenvalue weighted by Crippen LogP contribution is 2.22. The van der Waals surface area contributed by atoms with Crippen molar-refractivity contribution in [1.29, 1.82) is 0 Å². The van der Waals surface area contributed by atoms with E-state index in [9.17, 15) is 8.42 Å². The number of nitrogens with one attached hydrogen (secondary N) is 1. The van der Waals surface area contributed by atoms with Crippen molar-refractivity contribution in [3.63, 3.8) is 0 Å². The summed E-state index contributed by atoms with van der Waals surface area (Å²) in [4.78, 5) is 0.309. The lowest BCUT2D eigenvalue weighted by atomic mass is 9.89. The number of rotatable bonds is 7. The molecule has 0 spiro atoms. The molecule has 4 heteroatoms. The topological polar surface area (TPSA) is 46.2 Å². The van der Waals surface area contributed by atoms with Gasteiger partial charge in [-0.3, -0.25) is 0 Å². The second-order valence-electron chi connectivity index (χ2n) is 7.32. The van der Waals surface area contributed by atoms with Crippen molar-refractivity contribution in [1.82, 2.24) is 4.72 Å². The van der Waals surface area contributed by atoms with Crippen LogP contribution in [-0.4, -0.2) is 15.0 Å². The quantitative estimate of drug-likeness (QED) is 0.780. The molecule has 3 nitrogen and oxygen atoms in total. The molecule has 0 saturated heterocycles. The van der Waals surface area contributed by atoms with Crippen LogP contribution in [0.25, 0.3) is 6.08 Å². The highest BCUT2D eigenvalue weighted by atomic mass is 32.2. The van der Waals surface area contributed by atoms with E-state index in [1.807, 2.05) is 19.1 Å². The summed E-state index contributed by atoms with van der Waals surface area (Å²) in [5.41, 5.74) is 3.27. The lowest BCUT2D eigenvalue weighted by Crippen LogP contribution is -2.33. The number of hydrogen-bond acceptors (Lipinski definition) is 2. The number of hydrogen-bond donors (Lipinski definition) is 1. The number of allylic oxidation sites excluding steroid dienone is 1. The molecular weight excluding hydrogens is 330 g/mol. The zero-order chi connectivity index (χ0) is 18.5. The zero-order valence-electron chi connectivity index (χ0n) is 15.4. The van der Waals surface area contributed by atoms with E-state index in [0.29, 0.717) is 11.4 Å². The van der Waals surface area contributed by atoms with Crippen molar-refractivity contribution >= 4 is 16.1 Å². The highest BCUT2D eigenvalue weighted by Gasteiger charge is 2.21. The third kappa shape index (κ3) is 6.15. The summed E-state index contributed by atoms with van der Waals surface area (Å²) in [5, 5.41) is 0. The first-order chi connectivity index (χ1) is 11.7. The van der Waals surface area contributed by atoms with Crippen molar-refractivity contribution < 1.29 is 8.42 Å². The van der Waals surface area contributed by atoms with Crippen LogP contribution in [0.4, 0.5) is 0 Å². The van der Waals surface area contributed by atoms with Gasteiger partial charge in [0.1, 0.15) is 0 Å². The van der Waals surface area contributed by atoms with Crippen LogP contribution in [0.3, 0.4) is 0 Å². The van der Waals surface area contributed by atoms with Crippen molar-refractivity contribution in [2.75, 3.05) is 6.54 Å². The Morgan fingerprint density at radius 1 is 0.920 bits per heavy atom. The van der Waals surface area contributed by atoms with Gasteiger partial charge >= 0.3 is 0 Å². The fraction of sp³-hybridized carbons (Fsp3) is 0.333. The maximum Gasteiger partial charge on any atom is 0.240 e. The maximum atomic E-state index is 12.4. The summed E-state index contributed by atoms with van der Waals surface area (Å²) >= 11 is 0. The Morgan fingerprint density at radius 2 is 1.44 bits per heavy atom. The number of sulfonamides is 1. The van der Waals surface area contributed by atoms with Crippen LogP contribution in [0.2, 0.25) is 0 Å². The lowest BCUT2D eigenvalue weighted by Gasteiger charge is -2.23. The molecule has 0 aliphatic heterocycles. The van der Waals surface area contributed by atoms with E-state index in [1.54, 1.807) is 12.1 Å². The molecule has 0 aromatic heterocycles. The smallest absolute Gasteiger partial charge is 0.211 e. The van der Waals surface area contributed by atoms with Crippen LogP contribution >= 0.6 is 0 Å². The van der Waals surface area contributed by atoms with Gasteiger partial charge in [-0.2, -0.15) is 0 Å². The summed E-state index contributed by atoms with van der Waals surface area (Å²) < 4.78 is 27.5. The van der Waals surface area contributed by atoms with Gasteiger partial charge in [0.15, 0.2) is 0 Å². The molecule has 0 bridgehead atoms. The molecule has 0 aliphatic rings. The molecule has 2 aromatic carbocycles. The molecular formula is C21H27NO2S. The van der Waals surface area contributed by atoms with Gasteiger partial charge in [0.25, 0.3) is 0 Å². The van der Waals surface area contributed by atoms with Crippen LogP contribution in [0, 0.1) is 19.3 Å². The van der Waals surface area contributed by atoms with E-state index in [2.05, 4.69) is 61.9 Å². The summed E-state index contributed by atoms with van der Waals surface area (Å²) in [6.45, 7) is 8.51. The average Bonchev–Trinajstić information content (AvgIpc) is 2.55. The van der Waals surface area contributed by atoms with Crippen molar-refractivity contribution in [2.24, 2.45) is 5.41 Å². The molecule has 0 aliphatic carbocycles. The van der Waals surface area contributed by atoms with Gasteiger partial charge in [0, 0.05) is 6.54 Å². The first-order valence-electron chi connectivity index (χ1n) is 8.48. The minimum Gasteiger partial charge on any atom is -0.211 e. The van der Waals surface area contributed by atoms with E-state index >= 15 is 0 Å². The molecule has 0 unspecified atom stereocenters. The Hall–Kier alpha value is -1.91. The third-order valence-electron chi connectivity index (χ3n) is 4.13. The molecule has 0 fully saturated rings. The van der Waals surface area contributed by atoms with Crippen molar-refractivity contribution in [2.45, 2.75) is 39.0 Å². The van der Waals surface area contributed by atoms with E-state index in [4.69, 9.17) is 0 Å². The summed E-state index contributed by atoms with van der Waals surface area (Å²) in [5.74, 6) is 0. The Balaban J connectivity index is 1.94. The van der Waals surface area contributed by atoms with Crippen LogP contribution in [-0.2, 0) is 10.0 Å². The average molecular weight is 358 g/mol. The minimum absolute atomic E-state index is 0.168. The molecule has 2 rings (SSSR count). The Labute approximate surface area is 151 Å². The van der Waals surface area contributed by atoms with Crippen LogP contribution in [0.1, 0.15) is 37.0 Å². The first kappa shape index (κ1) is 19.4. The fourth-order valence-electron chi connectivity index (χ4n) is 2.35. The predicted octanol–water partition coefficient (Wildman–Crippen LogP) is 4.71. The van der Waals surface area contributed by atoms with E-state index in [-0.39, 0.29) is 5.41 Å². The molecule has 25 heavy (non-hydrogen) atoms. The monoisotopic (exact) mass is 357 g/mol. The van der Waals surface area contributed by atoms with Crippen molar-refractivity contribution in [3.05, 3.63) is 71.3 Å². The van der Waals surface area contributed by atoms with Gasteiger partial charge in [-0.15, -0.1) is 0 Å². The second-order valence-corrected chi connectivity index (χ2v) is 9.09. The van der Waals surface area contributed by atoms with Gasteiger partial charge < -0.3 is 0 Å². The van der Waals surface area contributed by atoms with Gasteiger partial charge in [-0.1, -0.05) is 73.5 Å². The standard InChI is InChI=1S/C21H27NO2S/c1-17-7-11-19(12-8-17)6-5-15-21(3,4)16-22-25(23,24)20-13-9-18(2)10-14-20/h5-14,22H,15-16H2,1-4H3/b6-5+. The normalized spacial score (nSPS) is 12.6. The minimum atomic E-state index is -3.47. The molecule has 134 valence electrons. The Morgan fingerprint density at radius 3 is 2.00 bits per heavy atom. The predicted molar refractivity (Wildman–Crippen MR) is 105 cm³/mol. The number of aryl methyl sites for hydroxylation is 2. The zero-order valence-corrected chi connectivity index (χ0v) is 16.2. The largest absolute Gasteiger partial charge is 0.240 e. The van der Waals surface area contributed by atoms with E-state index < -0.39 is 10.0 Å². The van der Waals surface area contributed by atoms with Gasteiger partial charge in [-0.05, 0) is 43.4 Å². The summed E-state index contributed by atoms with van der Waals surface area (Å²) in [6, 6.07) is 15.2. The van der Waals surface area contributed by atoms with E-state index in [1.165, 1.54) is 5.56 Å². The van der Waals surface area contributed by atoms with Crippen LogP contribution < -0.4 is 4.72 Å². The maximum absolute atomic E-state index is 12.4. The third-order valence-corrected chi connectivity index (χ3v) is 5.55. The Bertz CT molecular complexity index is 817. The summed E-state index contributed by atoms with van der Waals surface area (Å²) in [7, 11) is -3.47. The van der Waals surface area contributed by atoms with Gasteiger partial charge in [0.2, 0.25) is 10.0 Å². The molecule has 1 N–H and O–H groups in total. The highest BCUT2D eigenvalue weighted by molar-refractivity contribution is 7.89. The summed E-state index contributed by atoms with van der Waals surface area (Å²) in [6.07, 6.45) is 4.97. The van der Waals surface area contributed by atoms with Crippen LogP contribution in [0.5, 0.6) is 0 Å². The number of benzene rings is 2. The van der Waals surface area contributed by atoms with Crippen molar-refractivity contribution in [3.8, 4) is 0 Å².